The molecular weight excluding hydrogens is 372 g/mol. The lowest BCUT2D eigenvalue weighted by atomic mass is 10.2. The molecule has 0 saturated heterocycles. The van der Waals surface area contributed by atoms with E-state index >= 15 is 0 Å². The maximum absolute atomic E-state index is 12.1. The number of benzene rings is 2. The zero-order chi connectivity index (χ0) is 19.8. The molecule has 2 N–H and O–H groups in total. The Labute approximate surface area is 160 Å². The minimum atomic E-state index is -0.549. The van der Waals surface area contributed by atoms with Gasteiger partial charge in [0.15, 0.2) is 0 Å². The molecule has 27 heavy (non-hydrogen) atoms. The highest BCUT2D eigenvalue weighted by atomic mass is 35.5. The van der Waals surface area contributed by atoms with E-state index in [1.54, 1.807) is 24.3 Å². The van der Waals surface area contributed by atoms with Crippen molar-refractivity contribution < 1.29 is 14.5 Å². The van der Waals surface area contributed by atoms with Gasteiger partial charge in [-0.15, -0.1) is 0 Å². The van der Waals surface area contributed by atoms with Gasteiger partial charge < -0.3 is 5.32 Å². The van der Waals surface area contributed by atoms with Gasteiger partial charge in [-0.1, -0.05) is 18.5 Å². The molecule has 0 aliphatic rings. The van der Waals surface area contributed by atoms with E-state index in [2.05, 4.69) is 15.8 Å². The van der Waals surface area contributed by atoms with Gasteiger partial charge in [-0.25, -0.2) is 5.43 Å². The van der Waals surface area contributed by atoms with E-state index in [0.29, 0.717) is 23.2 Å². The fourth-order valence-electron chi connectivity index (χ4n) is 2.12. The Hall–Kier alpha value is -3.26. The molecule has 0 heterocycles. The van der Waals surface area contributed by atoms with E-state index in [1.165, 1.54) is 24.4 Å². The summed E-state index contributed by atoms with van der Waals surface area (Å²) in [5.74, 6) is -0.563. The molecule has 0 bridgehead atoms. The van der Waals surface area contributed by atoms with Crippen molar-refractivity contribution in [3.63, 3.8) is 0 Å². The van der Waals surface area contributed by atoms with Crippen LogP contribution in [0.15, 0.2) is 47.6 Å². The SMILES string of the molecule is CCCC(=O)Nc1ccc(C(=O)N/N=C/c2cc([N+](=O)[O-])ccc2Cl)cc1. The van der Waals surface area contributed by atoms with Crippen LogP contribution in [0.5, 0.6) is 0 Å². The smallest absolute Gasteiger partial charge is 0.271 e. The number of rotatable bonds is 7. The molecule has 0 atom stereocenters. The van der Waals surface area contributed by atoms with Crippen LogP contribution < -0.4 is 10.7 Å². The summed E-state index contributed by atoms with van der Waals surface area (Å²) in [4.78, 5) is 33.9. The van der Waals surface area contributed by atoms with Crippen molar-refractivity contribution in [2.45, 2.75) is 19.8 Å². The van der Waals surface area contributed by atoms with Gasteiger partial charge in [0, 0.05) is 40.4 Å². The molecule has 0 aliphatic heterocycles. The van der Waals surface area contributed by atoms with E-state index in [0.717, 1.165) is 6.42 Å². The minimum Gasteiger partial charge on any atom is -0.326 e. The lowest BCUT2D eigenvalue weighted by Gasteiger charge is -2.05. The topological polar surface area (TPSA) is 114 Å². The zero-order valence-corrected chi connectivity index (χ0v) is 15.2. The number of halogens is 1. The Morgan fingerprint density at radius 3 is 2.56 bits per heavy atom. The lowest BCUT2D eigenvalue weighted by Crippen LogP contribution is -2.17. The van der Waals surface area contributed by atoms with E-state index < -0.39 is 10.8 Å². The highest BCUT2D eigenvalue weighted by Gasteiger charge is 2.09. The summed E-state index contributed by atoms with van der Waals surface area (Å²) in [7, 11) is 0. The van der Waals surface area contributed by atoms with Crippen LogP contribution in [0.25, 0.3) is 0 Å². The number of nitro benzene ring substituents is 1. The molecule has 140 valence electrons. The van der Waals surface area contributed by atoms with Crippen LogP contribution in [0.2, 0.25) is 5.02 Å². The minimum absolute atomic E-state index is 0.0897. The van der Waals surface area contributed by atoms with Crippen LogP contribution in [0.1, 0.15) is 35.7 Å². The third-order valence-electron chi connectivity index (χ3n) is 3.47. The number of nitro groups is 1. The van der Waals surface area contributed by atoms with Gasteiger partial charge in [-0.05, 0) is 36.8 Å². The summed E-state index contributed by atoms with van der Waals surface area (Å²) in [5, 5.41) is 17.6. The summed E-state index contributed by atoms with van der Waals surface area (Å²) in [6.45, 7) is 1.91. The first-order valence-corrected chi connectivity index (χ1v) is 8.45. The number of carbonyl (C=O) groups excluding carboxylic acids is 2. The molecule has 0 aliphatic carbocycles. The average Bonchev–Trinajstić information content (AvgIpc) is 2.63. The summed E-state index contributed by atoms with van der Waals surface area (Å²) in [6, 6.07) is 10.2. The number of non-ortho nitro benzene ring substituents is 1. The Balaban J connectivity index is 1.99. The van der Waals surface area contributed by atoms with Crippen molar-refractivity contribution in [3.05, 3.63) is 68.7 Å². The molecule has 2 amide bonds. The molecule has 0 fully saturated rings. The van der Waals surface area contributed by atoms with Gasteiger partial charge in [-0.3, -0.25) is 19.7 Å². The highest BCUT2D eigenvalue weighted by Crippen LogP contribution is 2.20. The predicted octanol–water partition coefficient (Wildman–Crippen LogP) is 3.75. The highest BCUT2D eigenvalue weighted by molar-refractivity contribution is 6.33. The van der Waals surface area contributed by atoms with Crippen LogP contribution >= 0.6 is 11.6 Å². The van der Waals surface area contributed by atoms with Crippen LogP contribution in [0.3, 0.4) is 0 Å². The van der Waals surface area contributed by atoms with Gasteiger partial charge >= 0.3 is 0 Å². The van der Waals surface area contributed by atoms with E-state index in [1.807, 2.05) is 6.92 Å². The number of hydrogen-bond acceptors (Lipinski definition) is 5. The zero-order valence-electron chi connectivity index (χ0n) is 14.4. The monoisotopic (exact) mass is 388 g/mol. The molecule has 8 nitrogen and oxygen atoms in total. The molecule has 0 radical (unpaired) electrons. The molecule has 2 rings (SSSR count). The van der Waals surface area contributed by atoms with Crippen molar-refractivity contribution in [2.75, 3.05) is 5.32 Å². The molecule has 2 aromatic rings. The molecule has 9 heteroatoms. The maximum Gasteiger partial charge on any atom is 0.271 e. The Bertz CT molecular complexity index is 881. The van der Waals surface area contributed by atoms with Gasteiger partial charge in [0.2, 0.25) is 5.91 Å². The number of carbonyl (C=O) groups is 2. The Morgan fingerprint density at radius 2 is 1.93 bits per heavy atom. The van der Waals surface area contributed by atoms with Crippen molar-refractivity contribution in [2.24, 2.45) is 5.10 Å². The van der Waals surface area contributed by atoms with Crippen LogP contribution in [-0.2, 0) is 4.79 Å². The second-order valence-corrected chi connectivity index (χ2v) is 5.94. The van der Waals surface area contributed by atoms with Gasteiger partial charge in [-0.2, -0.15) is 5.10 Å². The van der Waals surface area contributed by atoms with Gasteiger partial charge in [0.05, 0.1) is 11.1 Å². The number of hydrazone groups is 1. The Kier molecular flexibility index (Phi) is 7.01. The second kappa shape index (κ2) is 9.44. The molecule has 0 unspecified atom stereocenters. The van der Waals surface area contributed by atoms with E-state index in [4.69, 9.17) is 11.6 Å². The fraction of sp³-hybridized carbons (Fsp3) is 0.167. The van der Waals surface area contributed by atoms with E-state index in [9.17, 15) is 19.7 Å². The number of nitrogens with zero attached hydrogens (tertiary/aromatic N) is 2. The van der Waals surface area contributed by atoms with Crippen molar-refractivity contribution in [1.29, 1.82) is 0 Å². The van der Waals surface area contributed by atoms with E-state index in [-0.39, 0.29) is 16.6 Å². The molecular formula is C18H17ClN4O4. The third-order valence-corrected chi connectivity index (χ3v) is 3.81. The standard InChI is InChI=1S/C18H17ClN4O4/c1-2-3-17(24)21-14-6-4-12(5-7-14)18(25)22-20-11-13-10-15(23(26)27)8-9-16(13)19/h4-11H,2-3H2,1H3,(H,21,24)(H,22,25)/b20-11+. The lowest BCUT2D eigenvalue weighted by molar-refractivity contribution is -0.384. The first-order valence-electron chi connectivity index (χ1n) is 8.08. The molecule has 0 saturated carbocycles. The number of hydrogen-bond donors (Lipinski definition) is 2. The van der Waals surface area contributed by atoms with Crippen molar-refractivity contribution in [1.82, 2.24) is 5.43 Å². The fourth-order valence-corrected chi connectivity index (χ4v) is 2.29. The largest absolute Gasteiger partial charge is 0.326 e. The van der Waals surface area contributed by atoms with Crippen LogP contribution in [-0.4, -0.2) is 23.0 Å². The van der Waals surface area contributed by atoms with Gasteiger partial charge in [0.1, 0.15) is 0 Å². The molecule has 0 spiro atoms. The van der Waals surface area contributed by atoms with Gasteiger partial charge in [0.25, 0.3) is 11.6 Å². The third kappa shape index (κ3) is 5.89. The normalized spacial score (nSPS) is 10.6. The quantitative estimate of drug-likeness (QED) is 0.427. The van der Waals surface area contributed by atoms with Crippen molar-refractivity contribution >= 4 is 41.0 Å². The average molecular weight is 389 g/mol. The number of anilines is 1. The number of nitrogens with one attached hydrogen (secondary N) is 2. The van der Waals surface area contributed by atoms with Crippen LogP contribution in [0, 0.1) is 10.1 Å². The molecule has 0 aromatic heterocycles. The van der Waals surface area contributed by atoms with Crippen molar-refractivity contribution in [3.8, 4) is 0 Å². The second-order valence-electron chi connectivity index (χ2n) is 5.54. The number of amides is 2. The first-order chi connectivity index (χ1) is 12.9. The summed E-state index contributed by atoms with van der Waals surface area (Å²) >= 11 is 5.95. The Morgan fingerprint density at radius 1 is 1.22 bits per heavy atom. The predicted molar refractivity (Wildman–Crippen MR) is 103 cm³/mol. The summed E-state index contributed by atoms with van der Waals surface area (Å²) in [6.07, 6.45) is 2.41. The van der Waals surface area contributed by atoms with Crippen LogP contribution in [0.4, 0.5) is 11.4 Å². The maximum atomic E-state index is 12.1. The summed E-state index contributed by atoms with van der Waals surface area (Å²) in [5.41, 5.74) is 3.43. The molecule has 2 aromatic carbocycles. The first kappa shape index (κ1) is 20.1. The summed E-state index contributed by atoms with van der Waals surface area (Å²) < 4.78 is 0.